The summed E-state index contributed by atoms with van der Waals surface area (Å²) in [6, 6.07) is 7.13. The molecule has 0 N–H and O–H groups in total. The molecule has 25 heavy (non-hydrogen) atoms. The molecule has 0 aliphatic carbocycles. The molecule has 1 saturated heterocycles. The Kier molecular flexibility index (Phi) is 5.53. The molecule has 1 aromatic carbocycles. The average molecular weight is 360 g/mol. The van der Waals surface area contributed by atoms with Crippen molar-refractivity contribution >= 4 is 23.2 Å². The van der Waals surface area contributed by atoms with Crippen LogP contribution >= 0.6 is 11.6 Å². The van der Waals surface area contributed by atoms with Gasteiger partial charge in [0.2, 0.25) is 0 Å². The van der Waals surface area contributed by atoms with E-state index in [0.717, 1.165) is 37.3 Å². The molecule has 1 aliphatic heterocycles. The molecule has 0 unspecified atom stereocenters. The SMILES string of the molecule is CC(C)Oc1nccnc1N1CCC(C(=O)c2ccc(Cl)cc2)CC1. The molecule has 3 rings (SSSR count). The normalized spacial score (nSPS) is 15.4. The van der Waals surface area contributed by atoms with Crippen molar-refractivity contribution in [1.29, 1.82) is 0 Å². The maximum absolute atomic E-state index is 12.7. The van der Waals surface area contributed by atoms with E-state index >= 15 is 0 Å². The van der Waals surface area contributed by atoms with Crippen LogP contribution in [-0.2, 0) is 0 Å². The van der Waals surface area contributed by atoms with Gasteiger partial charge in [0.05, 0.1) is 6.10 Å². The van der Waals surface area contributed by atoms with Gasteiger partial charge in [-0.2, -0.15) is 0 Å². The molecule has 0 radical (unpaired) electrons. The summed E-state index contributed by atoms with van der Waals surface area (Å²) < 4.78 is 5.76. The summed E-state index contributed by atoms with van der Waals surface area (Å²) >= 11 is 5.90. The maximum atomic E-state index is 12.7. The zero-order valence-corrected chi connectivity index (χ0v) is 15.2. The van der Waals surface area contributed by atoms with E-state index in [1.54, 1.807) is 36.7 Å². The highest BCUT2D eigenvalue weighted by molar-refractivity contribution is 6.30. The Morgan fingerprint density at radius 2 is 1.80 bits per heavy atom. The van der Waals surface area contributed by atoms with Crippen molar-refractivity contribution in [3.63, 3.8) is 0 Å². The number of aromatic nitrogens is 2. The molecular formula is C19H22ClN3O2. The minimum Gasteiger partial charge on any atom is -0.472 e. The number of carbonyl (C=O) groups is 1. The number of carbonyl (C=O) groups excluding carboxylic acids is 1. The predicted octanol–water partition coefficient (Wildman–Crippen LogP) is 4.02. The highest BCUT2D eigenvalue weighted by Crippen LogP contribution is 2.29. The predicted molar refractivity (Wildman–Crippen MR) is 98.5 cm³/mol. The van der Waals surface area contributed by atoms with Gasteiger partial charge in [0.1, 0.15) is 0 Å². The van der Waals surface area contributed by atoms with Gasteiger partial charge in [0.15, 0.2) is 11.6 Å². The molecule has 0 spiro atoms. The van der Waals surface area contributed by atoms with E-state index < -0.39 is 0 Å². The summed E-state index contributed by atoms with van der Waals surface area (Å²) in [5.74, 6) is 1.53. The second-order valence-electron chi connectivity index (χ2n) is 6.48. The lowest BCUT2D eigenvalue weighted by Crippen LogP contribution is -2.37. The van der Waals surface area contributed by atoms with Gasteiger partial charge < -0.3 is 9.64 Å². The summed E-state index contributed by atoms with van der Waals surface area (Å²) in [5.41, 5.74) is 0.728. The topological polar surface area (TPSA) is 55.3 Å². The van der Waals surface area contributed by atoms with Crippen molar-refractivity contribution in [2.75, 3.05) is 18.0 Å². The smallest absolute Gasteiger partial charge is 0.257 e. The second-order valence-corrected chi connectivity index (χ2v) is 6.92. The summed E-state index contributed by atoms with van der Waals surface area (Å²) in [4.78, 5) is 23.5. The van der Waals surface area contributed by atoms with E-state index in [2.05, 4.69) is 14.9 Å². The van der Waals surface area contributed by atoms with Crippen LogP contribution in [0.5, 0.6) is 5.88 Å². The molecule has 0 bridgehead atoms. The van der Waals surface area contributed by atoms with Gasteiger partial charge in [0, 0.05) is 42.0 Å². The molecule has 1 aliphatic rings. The Hall–Kier alpha value is -2.14. The van der Waals surface area contributed by atoms with Gasteiger partial charge in [-0.05, 0) is 51.0 Å². The van der Waals surface area contributed by atoms with E-state index in [9.17, 15) is 4.79 Å². The minimum absolute atomic E-state index is 0.0311. The van der Waals surface area contributed by atoms with Crippen LogP contribution in [0.2, 0.25) is 5.02 Å². The van der Waals surface area contributed by atoms with E-state index in [1.165, 1.54) is 0 Å². The second kappa shape index (κ2) is 7.83. The number of ketones is 1. The van der Waals surface area contributed by atoms with Gasteiger partial charge >= 0.3 is 0 Å². The molecule has 2 aromatic rings. The number of rotatable bonds is 5. The average Bonchev–Trinajstić information content (AvgIpc) is 2.62. The molecule has 1 fully saturated rings. The maximum Gasteiger partial charge on any atom is 0.257 e. The Labute approximate surface area is 153 Å². The Morgan fingerprint density at radius 3 is 2.44 bits per heavy atom. The lowest BCUT2D eigenvalue weighted by atomic mass is 9.89. The molecule has 2 heterocycles. The van der Waals surface area contributed by atoms with Crippen molar-refractivity contribution in [3.8, 4) is 5.88 Å². The van der Waals surface area contributed by atoms with Gasteiger partial charge in [-0.15, -0.1) is 0 Å². The summed E-state index contributed by atoms with van der Waals surface area (Å²) in [7, 11) is 0. The van der Waals surface area contributed by atoms with Crippen LogP contribution in [0.1, 0.15) is 37.0 Å². The monoisotopic (exact) mass is 359 g/mol. The fourth-order valence-electron chi connectivity index (χ4n) is 3.04. The van der Waals surface area contributed by atoms with Crippen molar-refractivity contribution in [2.45, 2.75) is 32.8 Å². The molecular weight excluding hydrogens is 338 g/mol. The Morgan fingerprint density at radius 1 is 1.16 bits per heavy atom. The Bertz CT molecular complexity index is 726. The lowest BCUT2D eigenvalue weighted by Gasteiger charge is -2.32. The standard InChI is InChI=1S/C19H22ClN3O2/c1-13(2)25-19-18(21-9-10-22-19)23-11-7-15(8-12-23)17(24)14-3-5-16(20)6-4-14/h3-6,9-10,13,15H,7-8,11-12H2,1-2H3. The van der Waals surface area contributed by atoms with Crippen LogP contribution in [0.25, 0.3) is 0 Å². The van der Waals surface area contributed by atoms with E-state index in [4.69, 9.17) is 16.3 Å². The van der Waals surface area contributed by atoms with Crippen molar-refractivity contribution in [1.82, 2.24) is 9.97 Å². The first-order chi connectivity index (χ1) is 12.0. The number of benzene rings is 1. The first-order valence-corrected chi connectivity index (χ1v) is 8.95. The number of halogens is 1. The summed E-state index contributed by atoms with van der Waals surface area (Å²) in [6.45, 7) is 5.46. The molecule has 0 amide bonds. The summed E-state index contributed by atoms with van der Waals surface area (Å²) in [5, 5.41) is 0.645. The quantitative estimate of drug-likeness (QED) is 0.755. The highest BCUT2D eigenvalue weighted by atomic mass is 35.5. The molecule has 6 heteroatoms. The van der Waals surface area contributed by atoms with Crippen molar-refractivity contribution < 1.29 is 9.53 Å². The van der Waals surface area contributed by atoms with Gasteiger partial charge in [-0.25, -0.2) is 9.97 Å². The zero-order chi connectivity index (χ0) is 17.8. The number of piperidine rings is 1. The molecule has 1 aromatic heterocycles. The van der Waals surface area contributed by atoms with Crippen molar-refractivity contribution in [2.24, 2.45) is 5.92 Å². The number of ether oxygens (including phenoxy) is 1. The third kappa shape index (κ3) is 4.28. The fourth-order valence-corrected chi connectivity index (χ4v) is 3.17. The fraction of sp³-hybridized carbons (Fsp3) is 0.421. The summed E-state index contributed by atoms with van der Waals surface area (Å²) in [6.07, 6.45) is 4.93. The number of hydrogen-bond acceptors (Lipinski definition) is 5. The van der Waals surface area contributed by atoms with E-state index in [-0.39, 0.29) is 17.8 Å². The van der Waals surface area contributed by atoms with Crippen LogP contribution in [0.4, 0.5) is 5.82 Å². The molecule has 0 atom stereocenters. The number of hydrogen-bond donors (Lipinski definition) is 0. The molecule has 0 saturated carbocycles. The highest BCUT2D eigenvalue weighted by Gasteiger charge is 2.28. The first-order valence-electron chi connectivity index (χ1n) is 8.57. The van der Waals surface area contributed by atoms with Crippen molar-refractivity contribution in [3.05, 3.63) is 47.2 Å². The van der Waals surface area contributed by atoms with E-state index in [0.29, 0.717) is 10.9 Å². The first kappa shape index (κ1) is 17.7. The largest absolute Gasteiger partial charge is 0.472 e. The van der Waals surface area contributed by atoms with Gasteiger partial charge in [0.25, 0.3) is 5.88 Å². The third-order valence-corrected chi connectivity index (χ3v) is 4.54. The molecule has 132 valence electrons. The number of anilines is 1. The zero-order valence-electron chi connectivity index (χ0n) is 14.5. The molecule has 5 nitrogen and oxygen atoms in total. The lowest BCUT2D eigenvalue weighted by molar-refractivity contribution is 0.0900. The van der Waals surface area contributed by atoms with Crippen LogP contribution in [0, 0.1) is 5.92 Å². The van der Waals surface area contributed by atoms with E-state index in [1.807, 2.05) is 13.8 Å². The van der Waals surface area contributed by atoms with Crippen LogP contribution < -0.4 is 9.64 Å². The number of nitrogens with zero attached hydrogens (tertiary/aromatic N) is 3. The van der Waals surface area contributed by atoms with Crippen LogP contribution in [0.3, 0.4) is 0 Å². The van der Waals surface area contributed by atoms with Gasteiger partial charge in [-0.3, -0.25) is 4.79 Å². The number of Topliss-reactive ketones (excluding diaryl/α,β-unsaturated/α-hetero) is 1. The van der Waals surface area contributed by atoms with Crippen LogP contribution in [-0.4, -0.2) is 34.9 Å². The minimum atomic E-state index is 0.0311. The van der Waals surface area contributed by atoms with Gasteiger partial charge in [-0.1, -0.05) is 11.6 Å². The van der Waals surface area contributed by atoms with Crippen LogP contribution in [0.15, 0.2) is 36.7 Å². The Balaban J connectivity index is 1.66. The third-order valence-electron chi connectivity index (χ3n) is 4.29.